The molecule has 0 saturated heterocycles. The number of hydrogen-bond acceptors (Lipinski definition) is 2. The molecule has 1 N–H and O–H groups in total. The summed E-state index contributed by atoms with van der Waals surface area (Å²) in [5.74, 6) is 0.143. The van der Waals surface area contributed by atoms with Gasteiger partial charge in [0, 0.05) is 11.9 Å². The van der Waals surface area contributed by atoms with Crippen molar-refractivity contribution in [3.63, 3.8) is 0 Å². The number of nitrogens with one attached hydrogen (secondary N) is 1. The van der Waals surface area contributed by atoms with Gasteiger partial charge in [-0.25, -0.2) is 13.1 Å². The predicted molar refractivity (Wildman–Crippen MR) is 78.8 cm³/mol. The van der Waals surface area contributed by atoms with E-state index in [-0.39, 0.29) is 17.4 Å². The first kappa shape index (κ1) is 18.4. The molecule has 3 nitrogen and oxygen atoms in total. The smallest absolute Gasteiger partial charge is 0.211 e. The fourth-order valence-corrected chi connectivity index (χ4v) is 3.56. The molecule has 0 aliphatic rings. The second-order valence-corrected chi connectivity index (χ2v) is 7.19. The van der Waals surface area contributed by atoms with Crippen LogP contribution >= 0.6 is 15.9 Å². The Hall–Kier alpha value is -0.600. The molecule has 0 heterocycles. The highest BCUT2D eigenvalue weighted by Gasteiger charge is 2.31. The first-order chi connectivity index (χ1) is 9.70. The van der Waals surface area contributed by atoms with E-state index >= 15 is 0 Å². The molecule has 0 fully saturated rings. The van der Waals surface area contributed by atoms with Gasteiger partial charge in [-0.1, -0.05) is 35.3 Å². The van der Waals surface area contributed by atoms with Gasteiger partial charge in [0.1, 0.15) is 0 Å². The summed E-state index contributed by atoms with van der Waals surface area (Å²) >= 11 is 3.29. The third-order valence-corrected chi connectivity index (χ3v) is 5.01. The Balaban J connectivity index is 2.88. The number of halogens is 4. The third-order valence-electron chi connectivity index (χ3n) is 3.13. The maximum atomic E-state index is 12.6. The third kappa shape index (κ3) is 5.60. The van der Waals surface area contributed by atoms with E-state index in [2.05, 4.69) is 20.7 Å². The van der Waals surface area contributed by atoms with E-state index in [1.165, 1.54) is 0 Å². The monoisotopic (exact) mass is 387 g/mol. The maximum absolute atomic E-state index is 12.6. The minimum absolute atomic E-state index is 0.143. The summed E-state index contributed by atoms with van der Waals surface area (Å²) in [7, 11) is -3.93. The van der Waals surface area contributed by atoms with Crippen molar-refractivity contribution in [3.05, 3.63) is 29.8 Å². The van der Waals surface area contributed by atoms with Crippen molar-refractivity contribution < 1.29 is 21.6 Å². The summed E-state index contributed by atoms with van der Waals surface area (Å²) in [5, 5.41) is 0.747. The van der Waals surface area contributed by atoms with Crippen molar-refractivity contribution in [3.8, 4) is 0 Å². The fraction of sp³-hybridized carbons (Fsp3) is 0.538. The lowest BCUT2D eigenvalue weighted by atomic mass is 10.0. The molecule has 0 radical (unpaired) electrons. The molecule has 0 aliphatic heterocycles. The minimum atomic E-state index is -4.56. The van der Waals surface area contributed by atoms with Crippen LogP contribution in [0.25, 0.3) is 0 Å². The molecule has 0 spiro atoms. The van der Waals surface area contributed by atoms with Gasteiger partial charge in [-0.15, -0.1) is 0 Å². The molecule has 0 amide bonds. The van der Waals surface area contributed by atoms with Gasteiger partial charge in [-0.05, 0) is 30.5 Å². The molecular formula is C13H17BrF3NO2S. The number of alkyl halides is 4. The second-order valence-electron chi connectivity index (χ2n) is 4.63. The van der Waals surface area contributed by atoms with Gasteiger partial charge in [0.15, 0.2) is 0 Å². The van der Waals surface area contributed by atoms with Crippen LogP contribution in [0.1, 0.15) is 25.3 Å². The van der Waals surface area contributed by atoms with E-state index in [9.17, 15) is 21.6 Å². The van der Waals surface area contributed by atoms with E-state index in [0.29, 0.717) is 6.07 Å². The van der Waals surface area contributed by atoms with Gasteiger partial charge in [-0.3, -0.25) is 0 Å². The second kappa shape index (κ2) is 7.60. The number of benzene rings is 1. The Bertz CT molecular complexity index is 561. The number of hydrogen-bond donors (Lipinski definition) is 1. The zero-order chi connectivity index (χ0) is 16.1. The highest BCUT2D eigenvalue weighted by Crippen LogP contribution is 2.30. The van der Waals surface area contributed by atoms with Crippen molar-refractivity contribution >= 4 is 26.0 Å². The van der Waals surface area contributed by atoms with Gasteiger partial charge in [-0.2, -0.15) is 13.2 Å². The van der Waals surface area contributed by atoms with Gasteiger partial charge in [0.2, 0.25) is 10.0 Å². The summed E-state index contributed by atoms with van der Waals surface area (Å²) in [6.45, 7) is 2.15. The van der Waals surface area contributed by atoms with Crippen LogP contribution in [0.5, 0.6) is 0 Å². The molecular weight excluding hydrogens is 371 g/mol. The number of sulfonamides is 1. The van der Waals surface area contributed by atoms with Crippen LogP contribution in [-0.4, -0.2) is 20.3 Å². The molecule has 1 aromatic rings. The van der Waals surface area contributed by atoms with E-state index in [0.717, 1.165) is 36.4 Å². The normalized spacial score (nSPS) is 14.1. The Labute approximate surface area is 131 Å². The van der Waals surface area contributed by atoms with Crippen LogP contribution in [0.4, 0.5) is 13.2 Å². The molecule has 1 unspecified atom stereocenters. The summed E-state index contributed by atoms with van der Waals surface area (Å²) in [6, 6.07) is 3.74. The van der Waals surface area contributed by atoms with E-state index in [1.54, 1.807) is 0 Å². The summed E-state index contributed by atoms with van der Waals surface area (Å²) in [4.78, 5) is -0.369. The Kier molecular flexibility index (Phi) is 6.68. The van der Waals surface area contributed by atoms with Crippen molar-refractivity contribution in [1.29, 1.82) is 0 Å². The maximum Gasteiger partial charge on any atom is 0.416 e. The summed E-state index contributed by atoms with van der Waals surface area (Å²) in [6.07, 6.45) is -2.98. The molecule has 0 aliphatic carbocycles. The van der Waals surface area contributed by atoms with Gasteiger partial charge < -0.3 is 0 Å². The summed E-state index contributed by atoms with van der Waals surface area (Å²) < 4.78 is 64.3. The summed E-state index contributed by atoms with van der Waals surface area (Å²) in [5.41, 5.74) is -0.974. The standard InChI is InChI=1S/C13H17BrF3NO2S/c1-2-10(6-7-14)9-18-21(19,20)12-5-3-4-11(8-12)13(15,16)17/h3-5,8,10,18H,2,6-7,9H2,1H3. The molecule has 1 aromatic carbocycles. The molecule has 120 valence electrons. The lowest BCUT2D eigenvalue weighted by Crippen LogP contribution is -2.29. The number of rotatable bonds is 7. The van der Waals surface area contributed by atoms with Gasteiger partial charge in [0.25, 0.3) is 0 Å². The van der Waals surface area contributed by atoms with E-state index in [1.807, 2.05) is 6.92 Å². The van der Waals surface area contributed by atoms with E-state index in [4.69, 9.17) is 0 Å². The Morgan fingerprint density at radius 1 is 1.33 bits per heavy atom. The van der Waals surface area contributed by atoms with Crippen LogP contribution in [0.3, 0.4) is 0 Å². The highest BCUT2D eigenvalue weighted by molar-refractivity contribution is 9.09. The first-order valence-electron chi connectivity index (χ1n) is 6.43. The van der Waals surface area contributed by atoms with Gasteiger partial charge >= 0.3 is 6.18 Å². The van der Waals surface area contributed by atoms with Gasteiger partial charge in [0.05, 0.1) is 10.5 Å². The Morgan fingerprint density at radius 3 is 2.52 bits per heavy atom. The van der Waals surface area contributed by atoms with Crippen molar-refractivity contribution in [1.82, 2.24) is 4.72 Å². The fourth-order valence-electron chi connectivity index (χ4n) is 1.76. The van der Waals surface area contributed by atoms with Crippen LogP contribution in [0, 0.1) is 5.92 Å². The predicted octanol–water partition coefficient (Wildman–Crippen LogP) is 3.79. The lowest BCUT2D eigenvalue weighted by Gasteiger charge is -2.15. The van der Waals surface area contributed by atoms with Crippen LogP contribution < -0.4 is 4.72 Å². The first-order valence-corrected chi connectivity index (χ1v) is 9.04. The quantitative estimate of drug-likeness (QED) is 0.723. The Morgan fingerprint density at radius 2 is 2.00 bits per heavy atom. The molecule has 1 atom stereocenters. The minimum Gasteiger partial charge on any atom is -0.211 e. The van der Waals surface area contributed by atoms with Crippen LogP contribution in [-0.2, 0) is 16.2 Å². The average molecular weight is 388 g/mol. The molecule has 21 heavy (non-hydrogen) atoms. The molecule has 1 rings (SSSR count). The molecule has 8 heteroatoms. The van der Waals surface area contributed by atoms with Crippen molar-refractivity contribution in [2.24, 2.45) is 5.92 Å². The average Bonchev–Trinajstić information content (AvgIpc) is 2.42. The molecule has 0 aromatic heterocycles. The SMILES string of the molecule is CCC(CCBr)CNS(=O)(=O)c1cccc(C(F)(F)F)c1. The van der Waals surface area contributed by atoms with Crippen LogP contribution in [0.15, 0.2) is 29.2 Å². The van der Waals surface area contributed by atoms with E-state index < -0.39 is 21.8 Å². The van der Waals surface area contributed by atoms with Crippen molar-refractivity contribution in [2.45, 2.75) is 30.8 Å². The highest BCUT2D eigenvalue weighted by atomic mass is 79.9. The zero-order valence-corrected chi connectivity index (χ0v) is 13.9. The van der Waals surface area contributed by atoms with Crippen molar-refractivity contribution in [2.75, 3.05) is 11.9 Å². The zero-order valence-electron chi connectivity index (χ0n) is 11.5. The molecule has 0 bridgehead atoms. The topological polar surface area (TPSA) is 46.2 Å². The van der Waals surface area contributed by atoms with Crippen LogP contribution in [0.2, 0.25) is 0 Å². The largest absolute Gasteiger partial charge is 0.416 e. The molecule has 0 saturated carbocycles. The lowest BCUT2D eigenvalue weighted by molar-refractivity contribution is -0.137.